The summed E-state index contributed by atoms with van der Waals surface area (Å²) in [5, 5.41) is 15.5. The second kappa shape index (κ2) is 19.5. The highest BCUT2D eigenvalue weighted by Gasteiger charge is 2.09. The molecule has 0 spiro atoms. The smallest absolute Gasteiger partial charge is 0.226 e. The number of ether oxygens (including phenoxy) is 2. The molecule has 1 aromatic heterocycles. The molecule has 0 aliphatic carbocycles. The number of methoxy groups -OCH3 is 2. The van der Waals surface area contributed by atoms with Gasteiger partial charge in [-0.2, -0.15) is 0 Å². The third-order valence-electron chi connectivity index (χ3n) is 6.23. The molecule has 206 valence electrons. The van der Waals surface area contributed by atoms with Gasteiger partial charge in [-0.25, -0.2) is 0 Å². The van der Waals surface area contributed by atoms with Crippen LogP contribution in [0, 0.1) is 0 Å². The van der Waals surface area contributed by atoms with E-state index in [1.54, 1.807) is 14.2 Å². The molecule has 8 heteroatoms. The molecule has 2 rings (SSSR count). The van der Waals surface area contributed by atoms with E-state index in [-0.39, 0.29) is 5.91 Å². The molecule has 0 saturated carbocycles. The zero-order chi connectivity index (χ0) is 26.6. The van der Waals surface area contributed by atoms with Gasteiger partial charge < -0.3 is 20.1 Å². The van der Waals surface area contributed by atoms with Gasteiger partial charge in [0.25, 0.3) is 0 Å². The highest BCUT2D eigenvalue weighted by Crippen LogP contribution is 2.28. The molecule has 0 saturated heterocycles. The van der Waals surface area contributed by atoms with E-state index in [0.717, 1.165) is 18.4 Å². The fourth-order valence-corrected chi connectivity index (χ4v) is 4.71. The van der Waals surface area contributed by atoms with Crippen molar-refractivity contribution >= 4 is 27.5 Å². The Morgan fingerprint density at radius 1 is 0.838 bits per heavy atom. The Balaban J connectivity index is 1.49. The minimum absolute atomic E-state index is 0.000202. The molecule has 1 aromatic carbocycles. The maximum Gasteiger partial charge on any atom is 0.226 e. The van der Waals surface area contributed by atoms with Crippen LogP contribution in [0.5, 0.6) is 11.5 Å². The first-order chi connectivity index (χ1) is 18.2. The minimum atomic E-state index is 0.000202. The zero-order valence-electron chi connectivity index (χ0n) is 23.0. The first-order valence-electron chi connectivity index (χ1n) is 13.9. The highest BCUT2D eigenvalue weighted by molar-refractivity contribution is 7.19. The normalized spacial score (nSPS) is 11.1. The largest absolute Gasteiger partial charge is 0.493 e. The molecule has 0 fully saturated rings. The number of carbonyl (C=O) groups is 1. The lowest BCUT2D eigenvalue weighted by atomic mass is 10.1. The van der Waals surface area contributed by atoms with E-state index in [0.29, 0.717) is 34.7 Å². The highest BCUT2D eigenvalue weighted by atomic mass is 32.1. The molecule has 0 bridgehead atoms. The number of hydrogen-bond donors (Lipinski definition) is 2. The van der Waals surface area contributed by atoms with E-state index in [2.05, 4.69) is 39.9 Å². The first kappa shape index (κ1) is 30.6. The number of allylic oxidation sites excluding steroid dienone is 2. The zero-order valence-corrected chi connectivity index (χ0v) is 23.8. The van der Waals surface area contributed by atoms with Crippen molar-refractivity contribution in [2.24, 2.45) is 0 Å². The average Bonchev–Trinajstić information content (AvgIpc) is 3.36. The van der Waals surface area contributed by atoms with Crippen LogP contribution in [0.2, 0.25) is 0 Å². The predicted octanol–water partition coefficient (Wildman–Crippen LogP) is 8.14. The van der Waals surface area contributed by atoms with Gasteiger partial charge in [-0.1, -0.05) is 87.8 Å². The number of anilines is 2. The summed E-state index contributed by atoms with van der Waals surface area (Å²) in [7, 11) is 3.23. The van der Waals surface area contributed by atoms with Gasteiger partial charge in [0, 0.05) is 13.0 Å². The molecule has 37 heavy (non-hydrogen) atoms. The van der Waals surface area contributed by atoms with Gasteiger partial charge in [0.1, 0.15) is 0 Å². The van der Waals surface area contributed by atoms with Crippen molar-refractivity contribution in [2.45, 2.75) is 103 Å². The van der Waals surface area contributed by atoms with Crippen LogP contribution in [0.3, 0.4) is 0 Å². The molecule has 7 nitrogen and oxygen atoms in total. The predicted molar refractivity (Wildman–Crippen MR) is 155 cm³/mol. The molecule has 0 unspecified atom stereocenters. The van der Waals surface area contributed by atoms with Gasteiger partial charge in [0.05, 0.1) is 14.2 Å². The Morgan fingerprint density at radius 3 is 2.14 bits per heavy atom. The van der Waals surface area contributed by atoms with Crippen molar-refractivity contribution in [3.8, 4) is 11.5 Å². The van der Waals surface area contributed by atoms with E-state index < -0.39 is 0 Å². The Labute approximate surface area is 227 Å². The van der Waals surface area contributed by atoms with Gasteiger partial charge in [0.2, 0.25) is 16.2 Å². The molecule has 1 amide bonds. The van der Waals surface area contributed by atoms with Gasteiger partial charge in [-0.3, -0.25) is 4.79 Å². The third-order valence-corrected chi connectivity index (χ3v) is 7.03. The lowest BCUT2D eigenvalue weighted by molar-refractivity contribution is -0.116. The summed E-state index contributed by atoms with van der Waals surface area (Å²) in [6.45, 7) is 2.83. The van der Waals surface area contributed by atoms with Crippen molar-refractivity contribution in [1.82, 2.24) is 10.2 Å². The van der Waals surface area contributed by atoms with Crippen LogP contribution in [0.1, 0.15) is 102 Å². The second-order valence-electron chi connectivity index (χ2n) is 9.34. The molecule has 0 aliphatic rings. The number of hydrogen-bond acceptors (Lipinski definition) is 7. The van der Waals surface area contributed by atoms with Gasteiger partial charge >= 0.3 is 0 Å². The van der Waals surface area contributed by atoms with Crippen LogP contribution < -0.4 is 20.1 Å². The lowest BCUT2D eigenvalue weighted by Crippen LogP contribution is -2.10. The number of nitrogens with one attached hydrogen (secondary N) is 2. The topological polar surface area (TPSA) is 85.4 Å². The summed E-state index contributed by atoms with van der Waals surface area (Å²) >= 11 is 1.33. The van der Waals surface area contributed by atoms with Gasteiger partial charge in [0.15, 0.2) is 11.5 Å². The molecule has 2 aromatic rings. The summed E-state index contributed by atoms with van der Waals surface area (Å²) in [5.74, 6) is 1.38. The number of carbonyl (C=O) groups excluding carboxylic acids is 1. The number of rotatable bonds is 21. The van der Waals surface area contributed by atoms with Crippen molar-refractivity contribution in [3.05, 3.63) is 35.9 Å². The second-order valence-corrected chi connectivity index (χ2v) is 10.3. The van der Waals surface area contributed by atoms with E-state index >= 15 is 0 Å². The van der Waals surface area contributed by atoms with Crippen LogP contribution >= 0.6 is 11.3 Å². The number of benzene rings is 1. The van der Waals surface area contributed by atoms with Crippen LogP contribution in [-0.2, 0) is 11.3 Å². The number of aromatic nitrogens is 2. The molecule has 1 heterocycles. The molecule has 0 radical (unpaired) electrons. The lowest BCUT2D eigenvalue weighted by Gasteiger charge is -2.09. The van der Waals surface area contributed by atoms with Gasteiger partial charge in [-0.15, -0.1) is 10.2 Å². The van der Waals surface area contributed by atoms with Crippen molar-refractivity contribution in [1.29, 1.82) is 0 Å². The number of nitrogens with zero attached hydrogens (tertiary/aromatic N) is 2. The summed E-state index contributed by atoms with van der Waals surface area (Å²) in [6, 6.07) is 5.76. The monoisotopic (exact) mass is 530 g/mol. The Bertz CT molecular complexity index is 916. The summed E-state index contributed by atoms with van der Waals surface area (Å²) < 4.78 is 10.6. The van der Waals surface area contributed by atoms with E-state index in [9.17, 15) is 4.79 Å². The van der Waals surface area contributed by atoms with Crippen LogP contribution in [0.4, 0.5) is 10.3 Å². The Kier molecular flexibility index (Phi) is 16.1. The Morgan fingerprint density at radius 2 is 1.46 bits per heavy atom. The van der Waals surface area contributed by atoms with E-state index in [4.69, 9.17) is 9.47 Å². The SMILES string of the molecule is CCCCCCCCC=CCCCCCCCC(=O)Nc1nnc(NCc2ccc(OC)c(OC)c2)s1. The standard InChI is InChI=1S/C29H46N4O3S/c1-4-5-6-7-8-9-10-11-12-13-14-15-16-17-18-19-27(34)31-29-33-32-28(37-29)30-23-24-20-21-25(35-2)26(22-24)36-3/h11-12,20-22H,4-10,13-19,23H2,1-3H3,(H,30,32)(H,31,33,34). The first-order valence-corrected chi connectivity index (χ1v) is 14.7. The molecule has 0 atom stereocenters. The molecule has 0 aliphatic heterocycles. The van der Waals surface area contributed by atoms with E-state index in [1.165, 1.54) is 82.0 Å². The van der Waals surface area contributed by atoms with Gasteiger partial charge in [-0.05, 0) is 49.8 Å². The summed E-state index contributed by atoms with van der Waals surface area (Å²) in [5.41, 5.74) is 1.03. The molecule has 2 N–H and O–H groups in total. The van der Waals surface area contributed by atoms with Crippen LogP contribution in [0.15, 0.2) is 30.4 Å². The van der Waals surface area contributed by atoms with Crippen molar-refractivity contribution in [3.63, 3.8) is 0 Å². The fraction of sp³-hybridized carbons (Fsp3) is 0.621. The Hall–Kier alpha value is -2.61. The summed E-state index contributed by atoms with van der Waals surface area (Å²) in [4.78, 5) is 12.2. The molecular weight excluding hydrogens is 484 g/mol. The fourth-order valence-electron chi connectivity index (χ4n) is 4.05. The van der Waals surface area contributed by atoms with Crippen LogP contribution in [-0.4, -0.2) is 30.3 Å². The quantitative estimate of drug-likeness (QED) is 0.125. The van der Waals surface area contributed by atoms with Crippen LogP contribution in [0.25, 0.3) is 0 Å². The average molecular weight is 531 g/mol. The number of amides is 1. The maximum atomic E-state index is 12.2. The third kappa shape index (κ3) is 13.5. The van der Waals surface area contributed by atoms with Crippen molar-refractivity contribution in [2.75, 3.05) is 24.9 Å². The number of unbranched alkanes of at least 4 members (excludes halogenated alkanes) is 11. The summed E-state index contributed by atoms with van der Waals surface area (Å²) in [6.07, 6.45) is 21.5. The minimum Gasteiger partial charge on any atom is -0.493 e. The molecular formula is C29H46N4O3S. The maximum absolute atomic E-state index is 12.2. The van der Waals surface area contributed by atoms with E-state index in [1.807, 2.05) is 18.2 Å². The van der Waals surface area contributed by atoms with Crippen molar-refractivity contribution < 1.29 is 14.3 Å².